The van der Waals surface area contributed by atoms with Crippen LogP contribution in [0, 0.1) is 18.3 Å². The third kappa shape index (κ3) is 4.45. The van der Waals surface area contributed by atoms with Gasteiger partial charge >= 0.3 is 11.9 Å². The lowest BCUT2D eigenvalue weighted by atomic mass is 9.93. The molecule has 1 saturated heterocycles. The summed E-state index contributed by atoms with van der Waals surface area (Å²) in [4.78, 5) is 36.7. The fourth-order valence-corrected chi connectivity index (χ4v) is 4.26. The van der Waals surface area contributed by atoms with Gasteiger partial charge in [0.1, 0.15) is 12.2 Å². The van der Waals surface area contributed by atoms with Crippen LogP contribution < -0.4 is 5.32 Å². The number of halogens is 1. The molecule has 0 amide bonds. The number of benzene rings is 1. The summed E-state index contributed by atoms with van der Waals surface area (Å²) in [7, 11) is 1.63. The Hall–Kier alpha value is -3.76. The first kappa shape index (κ1) is 25.3. The second-order valence-corrected chi connectivity index (χ2v) is 8.41. The van der Waals surface area contributed by atoms with Gasteiger partial charge in [0.2, 0.25) is 5.28 Å². The van der Waals surface area contributed by atoms with Crippen molar-refractivity contribution in [2.45, 2.75) is 30.5 Å². The molecule has 0 radical (unpaired) electrons. The minimum Gasteiger partial charge on any atom is -0.479 e. The van der Waals surface area contributed by atoms with Crippen LogP contribution in [0.3, 0.4) is 0 Å². The molecule has 0 unspecified atom stereocenters. The summed E-state index contributed by atoms with van der Waals surface area (Å²) in [6.45, 7) is -0.516. The highest BCUT2D eigenvalue weighted by Crippen LogP contribution is 2.37. The Morgan fingerprint density at radius 2 is 1.97 bits per heavy atom. The zero-order chi connectivity index (χ0) is 26.0. The smallest absolute Gasteiger partial charge is 0.348 e. The fraction of sp³-hybridized carbons (Fsp3) is 0.348. The van der Waals surface area contributed by atoms with Gasteiger partial charge in [-0.2, -0.15) is 9.97 Å². The average Bonchev–Trinajstić information content (AvgIpc) is 3.41. The number of aromatic nitrogens is 4. The van der Waals surface area contributed by atoms with E-state index in [-0.39, 0.29) is 10.9 Å². The zero-order valence-electron chi connectivity index (χ0n) is 18.9. The first-order valence-electron chi connectivity index (χ1n) is 10.7. The van der Waals surface area contributed by atoms with Crippen LogP contribution in [-0.2, 0) is 25.5 Å². The van der Waals surface area contributed by atoms with E-state index in [0.29, 0.717) is 16.9 Å². The predicted molar refractivity (Wildman–Crippen MR) is 126 cm³/mol. The molecule has 0 bridgehead atoms. The lowest BCUT2D eigenvalue weighted by Gasteiger charge is -2.27. The molecule has 1 fully saturated rings. The summed E-state index contributed by atoms with van der Waals surface area (Å²) in [5.74, 6) is -1.53. The molecule has 188 valence electrons. The van der Waals surface area contributed by atoms with Crippen LogP contribution in [-0.4, -0.2) is 78.2 Å². The highest BCUT2D eigenvalue weighted by molar-refractivity contribution is 6.28. The van der Waals surface area contributed by atoms with Gasteiger partial charge in [-0.25, -0.2) is 14.6 Å². The topological polar surface area (TPSA) is 169 Å². The van der Waals surface area contributed by atoms with Gasteiger partial charge in [0.15, 0.2) is 23.2 Å². The van der Waals surface area contributed by atoms with Gasteiger partial charge in [-0.15, -0.1) is 6.42 Å². The first-order chi connectivity index (χ1) is 17.2. The number of aliphatic hydroxyl groups is 1. The molecule has 1 aliphatic heterocycles. The number of rotatable bonds is 9. The summed E-state index contributed by atoms with van der Waals surface area (Å²) >= 11 is 6.01. The molecule has 3 aromatic rings. The second kappa shape index (κ2) is 10.1. The van der Waals surface area contributed by atoms with Crippen LogP contribution in [0.5, 0.6) is 0 Å². The van der Waals surface area contributed by atoms with E-state index in [1.165, 1.54) is 10.9 Å². The van der Waals surface area contributed by atoms with E-state index in [9.17, 15) is 24.9 Å². The van der Waals surface area contributed by atoms with Crippen LogP contribution in [0.1, 0.15) is 11.8 Å². The molecule has 1 aliphatic rings. The number of aliphatic hydroxyl groups excluding tert-OH is 1. The number of ether oxygens (including phenoxy) is 2. The van der Waals surface area contributed by atoms with Gasteiger partial charge in [0.25, 0.3) is 5.60 Å². The number of aliphatic carboxylic acids is 2. The number of anilines is 1. The molecular weight excluding hydrogens is 494 g/mol. The number of carboxylic acid groups (broad SMARTS) is 2. The molecule has 4 atom stereocenters. The number of fused-ring (bicyclic) bond motifs is 1. The van der Waals surface area contributed by atoms with Crippen LogP contribution >= 0.6 is 11.6 Å². The maximum Gasteiger partial charge on any atom is 0.348 e. The van der Waals surface area contributed by atoms with E-state index < -0.39 is 54.9 Å². The normalized spacial score (nSPS) is 21.8. The Kier molecular flexibility index (Phi) is 7.09. The Bertz CT molecular complexity index is 1310. The van der Waals surface area contributed by atoms with Gasteiger partial charge in [-0.05, 0) is 17.2 Å². The van der Waals surface area contributed by atoms with Crippen molar-refractivity contribution in [3.05, 3.63) is 47.5 Å². The van der Waals surface area contributed by atoms with E-state index in [0.717, 1.165) is 0 Å². The van der Waals surface area contributed by atoms with Crippen molar-refractivity contribution in [2.75, 3.05) is 19.0 Å². The van der Waals surface area contributed by atoms with Crippen molar-refractivity contribution in [2.24, 2.45) is 5.92 Å². The van der Waals surface area contributed by atoms with Crippen LogP contribution in [0.4, 0.5) is 5.82 Å². The maximum absolute atomic E-state index is 12.1. The molecule has 13 heteroatoms. The third-order valence-electron chi connectivity index (χ3n) is 5.95. The van der Waals surface area contributed by atoms with E-state index in [1.807, 2.05) is 0 Å². The van der Waals surface area contributed by atoms with Crippen molar-refractivity contribution >= 4 is 40.5 Å². The van der Waals surface area contributed by atoms with Gasteiger partial charge < -0.3 is 30.1 Å². The summed E-state index contributed by atoms with van der Waals surface area (Å²) in [5.41, 5.74) is -1.52. The molecule has 3 heterocycles. The number of nitrogens with one attached hydrogen (secondary N) is 1. The van der Waals surface area contributed by atoms with Crippen LogP contribution in [0.25, 0.3) is 11.2 Å². The number of imidazole rings is 1. The second-order valence-electron chi connectivity index (χ2n) is 8.07. The maximum atomic E-state index is 12.1. The lowest BCUT2D eigenvalue weighted by molar-refractivity contribution is -0.188. The summed E-state index contributed by atoms with van der Waals surface area (Å²) in [5, 5.41) is 33.4. The van der Waals surface area contributed by atoms with Crippen molar-refractivity contribution in [3.63, 3.8) is 0 Å². The van der Waals surface area contributed by atoms with Crippen molar-refractivity contribution < 1.29 is 34.4 Å². The molecule has 2 aromatic heterocycles. The van der Waals surface area contributed by atoms with E-state index >= 15 is 0 Å². The molecule has 4 N–H and O–H groups in total. The molecule has 36 heavy (non-hydrogen) atoms. The Balaban J connectivity index is 1.61. The minimum atomic E-state index is -2.60. The Labute approximate surface area is 209 Å². The summed E-state index contributed by atoms with van der Waals surface area (Å²) in [6.07, 6.45) is 3.17. The van der Waals surface area contributed by atoms with Crippen molar-refractivity contribution in [1.29, 1.82) is 0 Å². The van der Waals surface area contributed by atoms with E-state index in [1.54, 1.807) is 37.4 Å². The largest absolute Gasteiger partial charge is 0.479 e. The monoisotopic (exact) mass is 515 g/mol. The van der Waals surface area contributed by atoms with Gasteiger partial charge in [0.05, 0.1) is 18.9 Å². The highest BCUT2D eigenvalue weighted by atomic mass is 35.5. The number of hydrogen-bond donors (Lipinski definition) is 4. The standard InChI is InChI=1S/C23H22ClN5O7/c1-3-13-14(10-35-23(20(31)32,21(33)34)9-12-7-5-4-6-8-12)36-19(16(13)30)29-11-26-15-17(25-2)27-22(24)28-18(15)29/h1,4-8,11,13-14,16,19,30H,9-10H2,2H3,(H,31,32)(H,33,34)(H,25,27,28)/t13-,14+,16+,19+/m0/s1. The van der Waals surface area contributed by atoms with E-state index in [2.05, 4.69) is 26.2 Å². The number of nitrogens with zero attached hydrogens (tertiary/aromatic N) is 4. The number of hydrogen-bond acceptors (Lipinski definition) is 9. The predicted octanol–water partition coefficient (Wildman–Crippen LogP) is 1.20. The van der Waals surface area contributed by atoms with Crippen molar-refractivity contribution in [3.8, 4) is 12.3 Å². The third-order valence-corrected chi connectivity index (χ3v) is 6.12. The lowest BCUT2D eigenvalue weighted by Crippen LogP contribution is -2.52. The van der Waals surface area contributed by atoms with Crippen LogP contribution in [0.15, 0.2) is 36.7 Å². The van der Waals surface area contributed by atoms with Gasteiger partial charge in [-0.3, -0.25) is 4.57 Å². The van der Waals surface area contributed by atoms with Gasteiger partial charge in [-0.1, -0.05) is 36.3 Å². The zero-order valence-corrected chi connectivity index (χ0v) is 19.7. The molecule has 12 nitrogen and oxygen atoms in total. The first-order valence-corrected chi connectivity index (χ1v) is 11.1. The van der Waals surface area contributed by atoms with Crippen LogP contribution in [0.2, 0.25) is 5.28 Å². The average molecular weight is 516 g/mol. The molecular formula is C23H22ClN5O7. The number of carboxylic acids is 2. The molecule has 1 aromatic carbocycles. The number of carbonyl (C=O) groups is 2. The fourth-order valence-electron chi connectivity index (χ4n) is 4.10. The highest BCUT2D eigenvalue weighted by Gasteiger charge is 2.51. The Morgan fingerprint density at radius 3 is 2.58 bits per heavy atom. The molecule has 4 rings (SSSR count). The van der Waals surface area contributed by atoms with Crippen molar-refractivity contribution in [1.82, 2.24) is 19.5 Å². The summed E-state index contributed by atoms with van der Waals surface area (Å²) in [6, 6.07) is 8.22. The minimum absolute atomic E-state index is 0.0666. The molecule has 0 saturated carbocycles. The number of terminal acetylenes is 1. The van der Waals surface area contributed by atoms with Gasteiger partial charge in [0, 0.05) is 13.5 Å². The van der Waals surface area contributed by atoms with E-state index in [4.69, 9.17) is 27.5 Å². The molecule has 0 aliphatic carbocycles. The molecule has 0 spiro atoms. The quantitative estimate of drug-likeness (QED) is 0.183. The Morgan fingerprint density at radius 1 is 1.28 bits per heavy atom. The SMILES string of the molecule is C#C[C@@H]1[C@@H](O)[C@H](n2cnc3c(NC)nc(Cl)nc32)O[C@@H]1COC(Cc1ccccc1)(C(=O)O)C(=O)O. The summed E-state index contributed by atoms with van der Waals surface area (Å²) < 4.78 is 12.9.